The van der Waals surface area contributed by atoms with E-state index in [1.165, 1.54) is 4.31 Å². The summed E-state index contributed by atoms with van der Waals surface area (Å²) >= 11 is 0. The van der Waals surface area contributed by atoms with Crippen molar-refractivity contribution in [3.8, 4) is 0 Å². The van der Waals surface area contributed by atoms with Crippen molar-refractivity contribution in [1.29, 1.82) is 0 Å². The lowest BCUT2D eigenvalue weighted by molar-refractivity contribution is -0.137. The number of nitrogens with one attached hydrogen (secondary N) is 1. The molecule has 1 aromatic rings. The van der Waals surface area contributed by atoms with Crippen LogP contribution in [0, 0.1) is 0 Å². The van der Waals surface area contributed by atoms with E-state index in [-0.39, 0.29) is 18.1 Å². The third-order valence-corrected chi connectivity index (χ3v) is 6.47. The Kier molecular flexibility index (Phi) is 7.16. The van der Waals surface area contributed by atoms with E-state index in [1.807, 2.05) is 0 Å². The SMILES string of the molecule is CCCS(=O)(=O)N1CCCCC1C(=O)Nc1cccc(CCC(=O)O)c1. The molecule has 8 heteroatoms. The second kappa shape index (κ2) is 9.14. The zero-order chi connectivity index (χ0) is 19.2. The second-order valence-corrected chi connectivity index (χ2v) is 8.56. The van der Waals surface area contributed by atoms with Crippen molar-refractivity contribution in [2.24, 2.45) is 0 Å². The molecule has 0 bridgehead atoms. The van der Waals surface area contributed by atoms with Gasteiger partial charge in [-0.05, 0) is 43.4 Å². The predicted molar refractivity (Wildman–Crippen MR) is 99.5 cm³/mol. The minimum atomic E-state index is -3.44. The highest BCUT2D eigenvalue weighted by atomic mass is 32.2. The van der Waals surface area contributed by atoms with Crippen molar-refractivity contribution in [1.82, 2.24) is 4.31 Å². The molecule has 2 N–H and O–H groups in total. The van der Waals surface area contributed by atoms with E-state index in [4.69, 9.17) is 5.11 Å². The maximum atomic E-state index is 12.7. The van der Waals surface area contributed by atoms with Crippen LogP contribution in [0.5, 0.6) is 0 Å². The van der Waals surface area contributed by atoms with Crippen molar-refractivity contribution in [2.75, 3.05) is 17.6 Å². The lowest BCUT2D eigenvalue weighted by atomic mass is 10.0. The number of rotatable bonds is 8. The molecule has 0 saturated carbocycles. The van der Waals surface area contributed by atoms with Crippen LogP contribution in [0.1, 0.15) is 44.6 Å². The number of carbonyl (C=O) groups excluding carboxylic acids is 1. The Balaban J connectivity index is 2.10. The fraction of sp³-hybridized carbons (Fsp3) is 0.556. The van der Waals surface area contributed by atoms with Crippen molar-refractivity contribution < 1.29 is 23.1 Å². The summed E-state index contributed by atoms with van der Waals surface area (Å²) in [5.74, 6) is -1.17. The van der Waals surface area contributed by atoms with E-state index in [9.17, 15) is 18.0 Å². The summed E-state index contributed by atoms with van der Waals surface area (Å²) < 4.78 is 26.2. The number of aryl methyl sites for hydroxylation is 1. The van der Waals surface area contributed by atoms with Crippen LogP contribution in [0.3, 0.4) is 0 Å². The standard InChI is InChI=1S/C18H26N2O5S/c1-2-12-26(24,25)20-11-4-3-8-16(20)18(23)19-15-7-5-6-14(13-15)9-10-17(21)22/h5-7,13,16H,2-4,8-12H2,1H3,(H,19,23)(H,21,22). The molecular weight excluding hydrogens is 356 g/mol. The third kappa shape index (κ3) is 5.54. The van der Waals surface area contributed by atoms with E-state index < -0.39 is 22.0 Å². The van der Waals surface area contributed by atoms with Gasteiger partial charge < -0.3 is 10.4 Å². The van der Waals surface area contributed by atoms with Gasteiger partial charge in [-0.2, -0.15) is 4.31 Å². The summed E-state index contributed by atoms with van der Waals surface area (Å²) in [7, 11) is -3.44. The molecule has 2 rings (SSSR count). The quantitative estimate of drug-likeness (QED) is 0.717. The molecule has 144 valence electrons. The van der Waals surface area contributed by atoms with Gasteiger partial charge in [0.2, 0.25) is 15.9 Å². The minimum Gasteiger partial charge on any atom is -0.481 e. The van der Waals surface area contributed by atoms with Crippen LogP contribution in [0.15, 0.2) is 24.3 Å². The number of piperidine rings is 1. The van der Waals surface area contributed by atoms with Crippen molar-refractivity contribution >= 4 is 27.6 Å². The number of sulfonamides is 1. The fourth-order valence-corrected chi connectivity index (χ4v) is 4.90. The van der Waals surface area contributed by atoms with Crippen molar-refractivity contribution in [3.63, 3.8) is 0 Å². The Bertz CT molecular complexity index is 748. The first-order valence-electron chi connectivity index (χ1n) is 8.94. The molecule has 1 saturated heterocycles. The van der Waals surface area contributed by atoms with Gasteiger partial charge in [-0.3, -0.25) is 9.59 Å². The lowest BCUT2D eigenvalue weighted by Gasteiger charge is -2.33. The number of benzene rings is 1. The smallest absolute Gasteiger partial charge is 0.303 e. The molecule has 1 aliphatic rings. The lowest BCUT2D eigenvalue weighted by Crippen LogP contribution is -2.50. The van der Waals surface area contributed by atoms with E-state index in [0.717, 1.165) is 18.4 Å². The molecule has 1 fully saturated rings. The zero-order valence-electron chi connectivity index (χ0n) is 15.0. The number of hydrogen-bond acceptors (Lipinski definition) is 4. The highest BCUT2D eigenvalue weighted by molar-refractivity contribution is 7.89. The van der Waals surface area contributed by atoms with E-state index in [0.29, 0.717) is 31.5 Å². The van der Waals surface area contributed by atoms with Crippen LogP contribution in [0.2, 0.25) is 0 Å². The summed E-state index contributed by atoms with van der Waals surface area (Å²) in [6, 6.07) is 6.31. The summed E-state index contributed by atoms with van der Waals surface area (Å²) in [6.45, 7) is 2.18. The second-order valence-electron chi connectivity index (χ2n) is 6.52. The normalized spacial score (nSPS) is 18.4. The van der Waals surface area contributed by atoms with Gasteiger partial charge in [0, 0.05) is 18.7 Å². The number of aliphatic carboxylic acids is 1. The van der Waals surface area contributed by atoms with Crippen LogP contribution >= 0.6 is 0 Å². The highest BCUT2D eigenvalue weighted by Gasteiger charge is 2.36. The Hall–Kier alpha value is -1.93. The first-order valence-corrected chi connectivity index (χ1v) is 10.6. The number of anilines is 1. The Morgan fingerprint density at radius 1 is 1.31 bits per heavy atom. The van der Waals surface area contributed by atoms with Crippen LogP contribution in [0.4, 0.5) is 5.69 Å². The Morgan fingerprint density at radius 2 is 2.08 bits per heavy atom. The predicted octanol–water partition coefficient (Wildman–Crippen LogP) is 2.24. The van der Waals surface area contributed by atoms with Gasteiger partial charge in [0.1, 0.15) is 6.04 Å². The molecule has 0 spiro atoms. The molecule has 26 heavy (non-hydrogen) atoms. The van der Waals surface area contributed by atoms with Gasteiger partial charge in [-0.15, -0.1) is 0 Å². The number of carbonyl (C=O) groups is 2. The fourth-order valence-electron chi connectivity index (χ4n) is 3.16. The molecule has 0 aliphatic carbocycles. The van der Waals surface area contributed by atoms with Gasteiger partial charge in [-0.25, -0.2) is 8.42 Å². The Labute approximate surface area is 154 Å². The van der Waals surface area contributed by atoms with Crippen LogP contribution in [-0.4, -0.2) is 48.0 Å². The van der Waals surface area contributed by atoms with E-state index >= 15 is 0 Å². The zero-order valence-corrected chi connectivity index (χ0v) is 15.8. The van der Waals surface area contributed by atoms with Gasteiger partial charge >= 0.3 is 5.97 Å². The average Bonchev–Trinajstić information content (AvgIpc) is 2.60. The van der Waals surface area contributed by atoms with Gasteiger partial charge in [0.25, 0.3) is 0 Å². The molecule has 0 aromatic heterocycles. The minimum absolute atomic E-state index is 0.0169. The van der Waals surface area contributed by atoms with Crippen molar-refractivity contribution in [2.45, 2.75) is 51.5 Å². The summed E-state index contributed by atoms with van der Waals surface area (Å²) in [5.41, 5.74) is 1.36. The third-order valence-electron chi connectivity index (χ3n) is 4.40. The number of carboxylic acids is 1. The molecule has 0 radical (unpaired) electrons. The topological polar surface area (TPSA) is 104 Å². The average molecular weight is 382 g/mol. The monoisotopic (exact) mass is 382 g/mol. The maximum absolute atomic E-state index is 12.7. The maximum Gasteiger partial charge on any atom is 0.303 e. The van der Waals surface area contributed by atoms with Crippen LogP contribution < -0.4 is 5.32 Å². The van der Waals surface area contributed by atoms with Crippen LogP contribution in [-0.2, 0) is 26.0 Å². The molecule has 1 heterocycles. The van der Waals surface area contributed by atoms with Gasteiger partial charge in [0.05, 0.1) is 5.75 Å². The van der Waals surface area contributed by atoms with E-state index in [1.54, 1.807) is 31.2 Å². The molecule has 1 atom stereocenters. The molecule has 7 nitrogen and oxygen atoms in total. The Morgan fingerprint density at radius 3 is 2.77 bits per heavy atom. The number of carboxylic acid groups (broad SMARTS) is 1. The number of hydrogen-bond donors (Lipinski definition) is 2. The largest absolute Gasteiger partial charge is 0.481 e. The molecule has 1 unspecified atom stereocenters. The summed E-state index contributed by atoms with van der Waals surface area (Å²) in [6.07, 6.45) is 2.99. The first-order chi connectivity index (χ1) is 12.3. The van der Waals surface area contributed by atoms with Crippen molar-refractivity contribution in [3.05, 3.63) is 29.8 Å². The summed E-state index contributed by atoms with van der Waals surface area (Å²) in [4.78, 5) is 23.4. The summed E-state index contributed by atoms with van der Waals surface area (Å²) in [5, 5.41) is 11.6. The molecule has 1 aliphatic heterocycles. The van der Waals surface area contributed by atoms with Crippen LogP contribution in [0.25, 0.3) is 0 Å². The van der Waals surface area contributed by atoms with E-state index in [2.05, 4.69) is 5.32 Å². The molecular formula is C18H26N2O5S. The van der Waals surface area contributed by atoms with Gasteiger partial charge in [-0.1, -0.05) is 25.5 Å². The number of amides is 1. The van der Waals surface area contributed by atoms with Gasteiger partial charge in [0.15, 0.2) is 0 Å². The first kappa shape index (κ1) is 20.4. The number of nitrogens with zero attached hydrogens (tertiary/aromatic N) is 1. The molecule has 1 amide bonds. The molecule has 1 aromatic carbocycles. The highest BCUT2D eigenvalue weighted by Crippen LogP contribution is 2.23.